The Kier molecular flexibility index (Phi) is 6.05. The topological polar surface area (TPSA) is 105 Å². The molecule has 0 unspecified atom stereocenters. The molecule has 0 aliphatic carbocycles. The molecule has 0 radical (unpaired) electrons. The first kappa shape index (κ1) is 19.9. The number of thiophene rings is 1. The zero-order chi connectivity index (χ0) is 19.6. The van der Waals surface area contributed by atoms with Gasteiger partial charge in [0.25, 0.3) is 0 Å². The van der Waals surface area contributed by atoms with E-state index in [0.29, 0.717) is 0 Å². The lowest BCUT2D eigenvalue weighted by Crippen LogP contribution is -2.11. The van der Waals surface area contributed by atoms with Gasteiger partial charge in [0.1, 0.15) is 19.1 Å². The van der Waals surface area contributed by atoms with E-state index in [1.54, 1.807) is 0 Å². The summed E-state index contributed by atoms with van der Waals surface area (Å²) in [5.41, 5.74) is -0.263. The van der Waals surface area contributed by atoms with Crippen LogP contribution in [0.15, 0.2) is 0 Å². The minimum Gasteiger partial charge on any atom is -0.465 e. The van der Waals surface area contributed by atoms with E-state index in [0.717, 1.165) is 51.1 Å². The number of ether oxygens (including phenoxy) is 4. The molecule has 2 aromatic heterocycles. The van der Waals surface area contributed by atoms with Crippen molar-refractivity contribution in [3.8, 4) is 0 Å². The molecule has 0 amide bonds. The van der Waals surface area contributed by atoms with Crippen molar-refractivity contribution in [3.63, 3.8) is 0 Å². The number of hydrogen-bond donors (Lipinski definition) is 0. The fourth-order valence-corrected chi connectivity index (χ4v) is 5.00. The Morgan fingerprint density at radius 2 is 1.12 bits per heavy atom. The molecule has 0 aromatic carbocycles. The Morgan fingerprint density at radius 1 is 0.692 bits per heavy atom. The number of hydrogen-bond acceptors (Lipinski definition) is 11. The highest BCUT2D eigenvalue weighted by Crippen LogP contribution is 2.39. The molecule has 8 nitrogen and oxygen atoms in total. The Hall–Kier alpha value is -2.37. The molecule has 2 aromatic rings. The van der Waals surface area contributed by atoms with E-state index < -0.39 is 23.9 Å². The van der Waals surface area contributed by atoms with E-state index in [4.69, 9.17) is 26.4 Å². The van der Waals surface area contributed by atoms with Crippen molar-refractivity contribution >= 4 is 68.9 Å². The van der Waals surface area contributed by atoms with Gasteiger partial charge in [-0.15, -0.1) is 22.7 Å². The zero-order valence-corrected chi connectivity index (χ0v) is 16.4. The quantitative estimate of drug-likeness (QED) is 0.422. The molecule has 2 rings (SSSR count). The minimum absolute atomic E-state index is 0.0917. The Labute approximate surface area is 160 Å². The predicted octanol–water partition coefficient (Wildman–Crippen LogP) is 2.84. The molecular formula is C15H12O8S3. The smallest absolute Gasteiger partial charge is 0.349 e. The lowest BCUT2D eigenvalue weighted by molar-refractivity contribution is 0.0561. The van der Waals surface area contributed by atoms with Crippen molar-refractivity contribution in [2.75, 3.05) is 28.4 Å². The van der Waals surface area contributed by atoms with Crippen LogP contribution in [0.25, 0.3) is 10.1 Å². The van der Waals surface area contributed by atoms with Gasteiger partial charge in [-0.1, -0.05) is 12.2 Å². The summed E-state index contributed by atoms with van der Waals surface area (Å²) in [5.74, 6) is -3.26. The summed E-state index contributed by atoms with van der Waals surface area (Å²) >= 11 is 6.84. The third-order valence-corrected chi connectivity index (χ3v) is 5.89. The minimum atomic E-state index is -0.837. The molecule has 11 heteroatoms. The van der Waals surface area contributed by atoms with Crippen molar-refractivity contribution < 1.29 is 38.1 Å². The summed E-state index contributed by atoms with van der Waals surface area (Å²) in [6.07, 6.45) is 0. The van der Waals surface area contributed by atoms with Crippen molar-refractivity contribution in [3.05, 3.63) is 24.7 Å². The zero-order valence-electron chi connectivity index (χ0n) is 14.0. The van der Waals surface area contributed by atoms with Gasteiger partial charge in [-0.25, -0.2) is 19.2 Å². The summed E-state index contributed by atoms with van der Waals surface area (Å²) in [6, 6.07) is 0. The normalized spacial score (nSPS) is 10.3. The van der Waals surface area contributed by atoms with Gasteiger partial charge in [0.15, 0.2) is 0 Å². The Morgan fingerprint density at radius 3 is 1.58 bits per heavy atom. The first-order valence-corrected chi connectivity index (χ1v) is 8.83. The van der Waals surface area contributed by atoms with Gasteiger partial charge in [0.2, 0.25) is 0 Å². The van der Waals surface area contributed by atoms with Crippen molar-refractivity contribution in [1.82, 2.24) is 0 Å². The van der Waals surface area contributed by atoms with Crippen LogP contribution in [-0.4, -0.2) is 52.3 Å². The molecule has 0 saturated carbocycles. The summed E-state index contributed by atoms with van der Waals surface area (Å²) in [5, 5.41) is 0.148. The molecule has 0 spiro atoms. The van der Waals surface area contributed by atoms with Crippen LogP contribution in [0.3, 0.4) is 0 Å². The second-order valence-electron chi connectivity index (χ2n) is 4.57. The highest BCUT2D eigenvalue weighted by molar-refractivity contribution is 7.74. The van der Waals surface area contributed by atoms with E-state index in [1.165, 1.54) is 0 Å². The van der Waals surface area contributed by atoms with E-state index in [2.05, 4.69) is 4.74 Å². The van der Waals surface area contributed by atoms with Gasteiger partial charge in [-0.2, -0.15) is 0 Å². The van der Waals surface area contributed by atoms with Gasteiger partial charge < -0.3 is 18.9 Å². The lowest BCUT2D eigenvalue weighted by atomic mass is 10.1. The van der Waals surface area contributed by atoms with Gasteiger partial charge >= 0.3 is 23.9 Å². The van der Waals surface area contributed by atoms with Crippen molar-refractivity contribution in [1.29, 1.82) is 0 Å². The largest absolute Gasteiger partial charge is 0.465 e. The van der Waals surface area contributed by atoms with Gasteiger partial charge in [-0.05, 0) is 0 Å². The highest BCUT2D eigenvalue weighted by Gasteiger charge is 2.32. The number of fused-ring (bicyclic) bond motifs is 1. The molecule has 0 aliphatic rings. The highest BCUT2D eigenvalue weighted by atomic mass is 32.1. The van der Waals surface area contributed by atoms with Crippen molar-refractivity contribution in [2.24, 2.45) is 0 Å². The van der Waals surface area contributed by atoms with E-state index in [9.17, 15) is 19.2 Å². The van der Waals surface area contributed by atoms with Crippen LogP contribution in [0, 0.1) is 3.82 Å². The van der Waals surface area contributed by atoms with Crippen LogP contribution in [0.4, 0.5) is 0 Å². The molecule has 0 aliphatic heterocycles. The molecule has 26 heavy (non-hydrogen) atoms. The number of esters is 4. The molecule has 138 valence electrons. The molecule has 0 bridgehead atoms. The first-order valence-electron chi connectivity index (χ1n) is 6.79. The Bertz CT molecular complexity index is 985. The number of methoxy groups -OCH3 is 4. The van der Waals surface area contributed by atoms with Gasteiger partial charge in [0.05, 0.1) is 38.7 Å². The maximum atomic E-state index is 12.3. The fourth-order valence-electron chi connectivity index (χ4n) is 2.16. The van der Waals surface area contributed by atoms with Gasteiger partial charge in [0, 0.05) is 5.39 Å². The maximum absolute atomic E-state index is 12.3. The van der Waals surface area contributed by atoms with Crippen molar-refractivity contribution in [2.45, 2.75) is 0 Å². The lowest BCUT2D eigenvalue weighted by Gasteiger charge is -2.07. The predicted molar refractivity (Wildman–Crippen MR) is 95.9 cm³/mol. The summed E-state index contributed by atoms with van der Waals surface area (Å²) < 4.78 is 19.1. The monoisotopic (exact) mass is 416 g/mol. The molecule has 0 fully saturated rings. The third kappa shape index (κ3) is 3.20. The van der Waals surface area contributed by atoms with Crippen LogP contribution in [0.5, 0.6) is 0 Å². The second kappa shape index (κ2) is 7.89. The molecule has 2 heterocycles. The van der Waals surface area contributed by atoms with Gasteiger partial charge in [-0.3, -0.25) is 0 Å². The van der Waals surface area contributed by atoms with Crippen LogP contribution in [0.2, 0.25) is 0 Å². The number of carbonyl (C=O) groups is 4. The van der Waals surface area contributed by atoms with E-state index in [1.807, 2.05) is 0 Å². The average Bonchev–Trinajstić information content (AvgIpc) is 3.06. The number of rotatable bonds is 4. The fraction of sp³-hybridized carbons (Fsp3) is 0.267. The summed E-state index contributed by atoms with van der Waals surface area (Å²) in [6.45, 7) is 0. The van der Waals surface area contributed by atoms with Crippen LogP contribution in [-0.2, 0) is 18.9 Å². The van der Waals surface area contributed by atoms with E-state index >= 15 is 0 Å². The van der Waals surface area contributed by atoms with Crippen LogP contribution in [0.1, 0.15) is 40.1 Å². The second-order valence-corrected chi connectivity index (χ2v) is 7.28. The summed E-state index contributed by atoms with van der Waals surface area (Å²) in [7, 11) is 4.57. The van der Waals surface area contributed by atoms with E-state index in [-0.39, 0.29) is 34.8 Å². The first-order chi connectivity index (χ1) is 12.3. The third-order valence-electron chi connectivity index (χ3n) is 3.28. The molecular weight excluding hydrogens is 404 g/mol. The van der Waals surface area contributed by atoms with Crippen LogP contribution >= 0.6 is 34.9 Å². The molecule has 0 saturated heterocycles. The molecule has 0 atom stereocenters. The maximum Gasteiger partial charge on any atom is 0.349 e. The van der Waals surface area contributed by atoms with Crippen LogP contribution < -0.4 is 0 Å². The molecule has 0 N–H and O–H groups in total. The number of carbonyl (C=O) groups excluding carboxylic acids is 4. The Balaban J connectivity index is 3.08. The summed E-state index contributed by atoms with van der Waals surface area (Å²) in [4.78, 5) is 48.5. The average molecular weight is 416 g/mol. The standard InChI is InChI=1S/C15H12O8S3/c1-20-11(16)5-6-8(25-9(5)13(18)22-3)7(12(17)21-2)10(14(19)23-4)26-15(6)24/h1-4H3. The SMILES string of the molecule is COC(=O)c1sc(=S)c2c(C(=O)OC)c(C(=O)OC)sc2c1C(=O)OC.